The van der Waals surface area contributed by atoms with Gasteiger partial charge in [-0.15, -0.1) is 0 Å². The molecule has 47 heavy (non-hydrogen) atoms. The lowest BCUT2D eigenvalue weighted by molar-refractivity contribution is -0.433. The first-order chi connectivity index (χ1) is 21.5. The highest BCUT2D eigenvalue weighted by Crippen LogP contribution is 2.72. The minimum absolute atomic E-state index is 0.142. The molecule has 0 fully saturated rings. The number of hydrogen-bond donors (Lipinski definition) is 0. The Kier molecular flexibility index (Phi) is 10.6. The number of hydrogen-bond acceptors (Lipinski definition) is 4. The van der Waals surface area contributed by atoms with Gasteiger partial charge in [0.25, 0.3) is 0 Å². The maximum absolute atomic E-state index is 15.2. The summed E-state index contributed by atoms with van der Waals surface area (Å²) < 4.78 is 217. The van der Waals surface area contributed by atoms with Gasteiger partial charge in [0.2, 0.25) is 0 Å². The van der Waals surface area contributed by atoms with E-state index in [4.69, 9.17) is 8.37 Å². The van der Waals surface area contributed by atoms with Crippen molar-refractivity contribution in [3.05, 3.63) is 84.9 Å². The maximum atomic E-state index is 15.2. The smallest absolute Gasteiger partial charge is 0.460 e. The number of benzene rings is 3. The molecule has 0 bridgehead atoms. The van der Waals surface area contributed by atoms with Crippen LogP contribution in [0.15, 0.2) is 99.6 Å². The van der Waals surface area contributed by atoms with Gasteiger partial charge in [0.15, 0.2) is 0 Å². The molecule has 0 spiro atoms. The average Bonchev–Trinajstić information content (AvgIpc) is 3.00. The molecule has 0 aliphatic rings. The molecule has 0 saturated carbocycles. The van der Waals surface area contributed by atoms with Crippen molar-refractivity contribution in [1.82, 2.24) is 0 Å². The Morgan fingerprint density at radius 1 is 0.553 bits per heavy atom. The van der Waals surface area contributed by atoms with Gasteiger partial charge >= 0.3 is 45.2 Å². The Morgan fingerprint density at radius 2 is 0.957 bits per heavy atom. The Labute approximate surface area is 261 Å². The van der Waals surface area contributed by atoms with Crippen LogP contribution in [0, 0.1) is 0 Å². The lowest BCUT2D eigenvalue weighted by Crippen LogP contribution is -2.71. The van der Waals surface area contributed by atoms with Gasteiger partial charge in [0.1, 0.15) is 5.75 Å². The van der Waals surface area contributed by atoms with E-state index in [9.17, 15) is 56.7 Å². The zero-order valence-electron chi connectivity index (χ0n) is 23.6. The van der Waals surface area contributed by atoms with Crippen LogP contribution in [0.1, 0.15) is 19.8 Å². The second-order valence-corrected chi connectivity index (χ2v) is 14.2. The molecular formula is C28H23F13O4S2. The third-order valence-corrected chi connectivity index (χ3v) is 11.7. The molecule has 0 heterocycles. The van der Waals surface area contributed by atoms with Crippen LogP contribution in [-0.4, -0.2) is 50.1 Å². The molecule has 0 aliphatic heterocycles. The molecule has 3 rings (SSSR count). The molecule has 3 aromatic rings. The molecule has 0 aliphatic carbocycles. The van der Waals surface area contributed by atoms with Crippen LogP contribution in [-0.2, 0) is 13.7 Å². The summed E-state index contributed by atoms with van der Waals surface area (Å²) in [5.74, 6) is -32.7. The highest BCUT2D eigenvalue weighted by molar-refractivity contribution is 8.33. The van der Waals surface area contributed by atoms with Crippen LogP contribution < -0.4 is 4.74 Å². The van der Waals surface area contributed by atoms with Crippen LogP contribution in [0.4, 0.5) is 57.1 Å². The molecule has 0 N–H and O–H groups in total. The number of halogens is 13. The summed E-state index contributed by atoms with van der Waals surface area (Å²) in [6.45, 7) is 2.05. The fraction of sp³-hybridized carbons (Fsp3) is 0.357. The van der Waals surface area contributed by atoms with Gasteiger partial charge in [-0.25, -0.2) is 3.63 Å². The van der Waals surface area contributed by atoms with Crippen molar-refractivity contribution < 1.29 is 73.9 Å². The quantitative estimate of drug-likeness (QED) is 0.122. The number of ether oxygens (including phenoxy) is 1. The molecule has 0 atom stereocenters. The fourth-order valence-corrected chi connectivity index (χ4v) is 9.12. The van der Waals surface area contributed by atoms with Crippen molar-refractivity contribution in [2.75, 3.05) is 6.61 Å². The third kappa shape index (κ3) is 6.37. The Balaban J connectivity index is 2.29. The molecule has 0 unspecified atom stereocenters. The first-order valence-corrected chi connectivity index (χ1v) is 16.0. The summed E-state index contributed by atoms with van der Waals surface area (Å²) in [4.78, 5) is -1.12. The summed E-state index contributed by atoms with van der Waals surface area (Å²) in [5.41, 5.74) is 0. The van der Waals surface area contributed by atoms with Gasteiger partial charge in [-0.2, -0.15) is 65.5 Å². The molecule has 0 radical (unpaired) electrons. The van der Waals surface area contributed by atoms with Gasteiger partial charge in [-0.05, 0) is 65.3 Å². The molecule has 262 valence electrons. The largest absolute Gasteiger partial charge is 0.494 e. The lowest BCUT2D eigenvalue weighted by atomic mass is 9.98. The van der Waals surface area contributed by atoms with E-state index in [-0.39, 0.29) is 27.0 Å². The standard InChI is InChI=1S/C28H23F13O4S2/c1-2-3-18-44-19-14-16-22(17-15-19)46(20-10-6-4-7-11-20,21-12-8-5-9-13-21)45-47(42,43)28(40,41)26(35,36)24(31,32)23(29,30)25(33,34)27(37,38)39/h4-17H,2-3,18H2,1H3. The van der Waals surface area contributed by atoms with E-state index in [1.54, 1.807) is 0 Å². The van der Waals surface area contributed by atoms with Gasteiger partial charge in [-0.1, -0.05) is 49.7 Å². The Morgan fingerprint density at radius 3 is 1.36 bits per heavy atom. The zero-order chi connectivity index (χ0) is 35.7. The highest BCUT2D eigenvalue weighted by Gasteiger charge is 2.93. The van der Waals surface area contributed by atoms with E-state index in [2.05, 4.69) is 0 Å². The first kappa shape index (κ1) is 38.3. The van der Waals surface area contributed by atoms with Gasteiger partial charge < -0.3 is 4.74 Å². The molecule has 4 nitrogen and oxygen atoms in total. The molecule has 0 saturated heterocycles. The van der Waals surface area contributed by atoms with Crippen molar-refractivity contribution in [3.63, 3.8) is 0 Å². The summed E-state index contributed by atoms with van der Waals surface area (Å²) in [7, 11) is -12.0. The zero-order valence-corrected chi connectivity index (χ0v) is 25.2. The highest BCUT2D eigenvalue weighted by atomic mass is 32.3. The van der Waals surface area contributed by atoms with Gasteiger partial charge in [0.05, 0.1) is 6.61 Å². The average molecular weight is 735 g/mol. The maximum Gasteiger partial charge on any atom is 0.460 e. The molecule has 0 aromatic heterocycles. The Bertz CT molecular complexity index is 1560. The SMILES string of the molecule is CCCCOc1ccc(S(OS(=O)(=O)C(F)(F)C(F)(F)C(F)(F)C(F)(F)C(F)(F)C(F)(F)F)(c2ccccc2)c2ccccc2)cc1. The number of rotatable bonds is 14. The first-order valence-electron chi connectivity index (χ1n) is 13.0. The fourth-order valence-electron chi connectivity index (χ4n) is 3.90. The molecule has 0 amide bonds. The minimum Gasteiger partial charge on any atom is -0.494 e. The van der Waals surface area contributed by atoms with Crippen LogP contribution in [0.5, 0.6) is 5.75 Å². The van der Waals surface area contributed by atoms with Crippen molar-refractivity contribution >= 4 is 20.4 Å². The van der Waals surface area contributed by atoms with Crippen LogP contribution in [0.25, 0.3) is 0 Å². The van der Waals surface area contributed by atoms with Crippen molar-refractivity contribution in [3.8, 4) is 5.75 Å². The van der Waals surface area contributed by atoms with Gasteiger partial charge in [0, 0.05) is 14.7 Å². The monoisotopic (exact) mass is 734 g/mol. The van der Waals surface area contributed by atoms with Crippen LogP contribution >= 0.6 is 10.3 Å². The number of unbranched alkanes of at least 4 members (excludes halogenated alkanes) is 1. The molecule has 3 aromatic carbocycles. The van der Waals surface area contributed by atoms with E-state index in [1.807, 2.05) is 6.92 Å². The molecule has 19 heteroatoms. The Hall–Kier alpha value is -3.19. The topological polar surface area (TPSA) is 52.6 Å². The summed E-state index contributed by atoms with van der Waals surface area (Å²) in [6, 6.07) is 16.2. The van der Waals surface area contributed by atoms with E-state index < -0.39 is 55.5 Å². The van der Waals surface area contributed by atoms with Crippen LogP contribution in [0.3, 0.4) is 0 Å². The summed E-state index contributed by atoms with van der Waals surface area (Å²) in [6.07, 6.45) is -6.35. The van der Waals surface area contributed by atoms with E-state index in [0.717, 1.165) is 42.8 Å². The van der Waals surface area contributed by atoms with E-state index in [1.165, 1.54) is 48.5 Å². The second-order valence-electron chi connectivity index (χ2n) is 9.69. The van der Waals surface area contributed by atoms with Crippen molar-refractivity contribution in [2.45, 2.75) is 69.6 Å². The molecular weight excluding hydrogens is 711 g/mol. The van der Waals surface area contributed by atoms with Crippen molar-refractivity contribution in [1.29, 1.82) is 0 Å². The minimum atomic E-state index is -8.34. The van der Waals surface area contributed by atoms with Crippen LogP contribution in [0.2, 0.25) is 0 Å². The van der Waals surface area contributed by atoms with Crippen molar-refractivity contribution in [2.24, 2.45) is 0 Å². The summed E-state index contributed by atoms with van der Waals surface area (Å²) >= 11 is 0. The summed E-state index contributed by atoms with van der Waals surface area (Å²) in [5, 5.41) is -7.56. The van der Waals surface area contributed by atoms with E-state index >= 15 is 8.78 Å². The third-order valence-electron chi connectivity index (χ3n) is 6.48. The van der Waals surface area contributed by atoms with Gasteiger partial charge in [-0.3, -0.25) is 0 Å². The second kappa shape index (κ2) is 13.0. The predicted molar refractivity (Wildman–Crippen MR) is 143 cm³/mol. The predicted octanol–water partition coefficient (Wildman–Crippen LogP) is 10.1. The van der Waals surface area contributed by atoms with E-state index in [0.29, 0.717) is 6.42 Å². The lowest BCUT2D eigenvalue weighted by Gasteiger charge is -2.42. The normalized spacial score (nSPS) is 14.6. The number of alkyl halides is 13.